The van der Waals surface area contributed by atoms with Crippen LogP contribution in [0.3, 0.4) is 0 Å². The number of carbonyl (C=O) groups is 2. The summed E-state index contributed by atoms with van der Waals surface area (Å²) in [6.45, 7) is 2.02. The molecule has 1 amide bonds. The van der Waals surface area contributed by atoms with E-state index in [1.54, 1.807) is 0 Å². The van der Waals surface area contributed by atoms with Gasteiger partial charge in [-0.25, -0.2) is 4.79 Å². The third-order valence-corrected chi connectivity index (χ3v) is 5.72. The monoisotopic (exact) mass is 388 g/mol. The summed E-state index contributed by atoms with van der Waals surface area (Å²) in [5, 5.41) is 2.94. The molecule has 0 atom stereocenters. The van der Waals surface area contributed by atoms with Gasteiger partial charge >= 0.3 is 6.03 Å². The van der Waals surface area contributed by atoms with Gasteiger partial charge in [0.2, 0.25) is 0 Å². The van der Waals surface area contributed by atoms with Gasteiger partial charge in [-0.1, -0.05) is 48.0 Å². The zero-order chi connectivity index (χ0) is 19.7. The van der Waals surface area contributed by atoms with E-state index in [9.17, 15) is 9.59 Å². The summed E-state index contributed by atoms with van der Waals surface area (Å²) < 4.78 is 1.53. The number of ketones is 1. The molecule has 4 nitrogen and oxygen atoms in total. The molecular formula is C23H20N2O2S. The number of primary amides is 1. The highest BCUT2D eigenvalue weighted by molar-refractivity contribution is 7.13. The molecule has 4 rings (SSSR count). The van der Waals surface area contributed by atoms with E-state index < -0.39 is 6.03 Å². The van der Waals surface area contributed by atoms with Crippen molar-refractivity contribution in [3.8, 4) is 10.6 Å². The summed E-state index contributed by atoms with van der Waals surface area (Å²) in [4.78, 5) is 25.4. The molecular weight excluding hydrogens is 368 g/mol. The zero-order valence-electron chi connectivity index (χ0n) is 15.5. The van der Waals surface area contributed by atoms with Crippen molar-refractivity contribution in [3.63, 3.8) is 0 Å². The molecule has 0 unspecified atom stereocenters. The number of fused-ring (bicyclic) bond motifs is 1. The minimum Gasteiger partial charge on any atom is -0.351 e. The summed E-state index contributed by atoms with van der Waals surface area (Å²) in [5.41, 5.74) is 10.3. The fraction of sp³-hybridized carbons (Fsp3) is 0.130. The van der Waals surface area contributed by atoms with Gasteiger partial charge in [0.15, 0.2) is 0 Å². The third kappa shape index (κ3) is 3.62. The predicted octanol–water partition coefficient (Wildman–Crippen LogP) is 4.96. The van der Waals surface area contributed by atoms with Crippen LogP contribution in [0.25, 0.3) is 21.5 Å². The van der Waals surface area contributed by atoms with Crippen molar-refractivity contribution < 1.29 is 9.59 Å². The van der Waals surface area contributed by atoms with Crippen molar-refractivity contribution >= 4 is 34.1 Å². The van der Waals surface area contributed by atoms with Crippen LogP contribution >= 0.6 is 11.3 Å². The van der Waals surface area contributed by atoms with Crippen molar-refractivity contribution in [3.05, 3.63) is 82.7 Å². The lowest BCUT2D eigenvalue weighted by Crippen LogP contribution is -2.19. The fourth-order valence-electron chi connectivity index (χ4n) is 3.52. The van der Waals surface area contributed by atoms with Gasteiger partial charge in [0.05, 0.1) is 16.1 Å². The maximum Gasteiger partial charge on any atom is 0.323 e. The number of aromatic nitrogens is 1. The van der Waals surface area contributed by atoms with Gasteiger partial charge < -0.3 is 5.73 Å². The average Bonchev–Trinajstić information content (AvgIpc) is 3.25. The van der Waals surface area contributed by atoms with Crippen LogP contribution in [0.1, 0.15) is 16.7 Å². The molecule has 28 heavy (non-hydrogen) atoms. The highest BCUT2D eigenvalue weighted by Gasteiger charge is 2.16. The smallest absolute Gasteiger partial charge is 0.323 e. The minimum absolute atomic E-state index is 0.172. The molecule has 0 saturated heterocycles. The predicted molar refractivity (Wildman–Crippen MR) is 114 cm³/mol. The lowest BCUT2D eigenvalue weighted by atomic mass is 10.0. The molecule has 0 fully saturated rings. The maximum absolute atomic E-state index is 12.5. The van der Waals surface area contributed by atoms with Gasteiger partial charge in [0.1, 0.15) is 5.78 Å². The van der Waals surface area contributed by atoms with Gasteiger partial charge in [-0.2, -0.15) is 0 Å². The number of Topliss-reactive ketones (excluding diaryl/α,β-unsaturated/α-hetero) is 1. The SMILES string of the molecule is Cc1cccc(CC(=O)Cc2csc(-c3cc4ccccc4n3C(N)=O)c2)c1. The molecule has 140 valence electrons. The first-order chi connectivity index (χ1) is 13.5. The van der Waals surface area contributed by atoms with Crippen LogP contribution in [-0.2, 0) is 17.6 Å². The number of rotatable bonds is 5. The number of thiophene rings is 1. The number of hydrogen-bond donors (Lipinski definition) is 1. The topological polar surface area (TPSA) is 65.1 Å². The van der Waals surface area contributed by atoms with Crippen LogP contribution in [0, 0.1) is 6.92 Å². The number of para-hydroxylation sites is 1. The highest BCUT2D eigenvalue weighted by atomic mass is 32.1. The second kappa shape index (κ2) is 7.44. The summed E-state index contributed by atoms with van der Waals surface area (Å²) in [5.74, 6) is 0.172. The van der Waals surface area contributed by atoms with E-state index in [1.165, 1.54) is 15.9 Å². The van der Waals surface area contributed by atoms with Crippen LogP contribution in [0.5, 0.6) is 0 Å². The van der Waals surface area contributed by atoms with Crippen molar-refractivity contribution in [1.29, 1.82) is 0 Å². The number of amides is 1. The Kier molecular flexibility index (Phi) is 4.84. The molecule has 2 heterocycles. The highest BCUT2D eigenvalue weighted by Crippen LogP contribution is 2.32. The van der Waals surface area contributed by atoms with Crippen LogP contribution < -0.4 is 5.73 Å². The van der Waals surface area contributed by atoms with Crippen molar-refractivity contribution in [1.82, 2.24) is 4.57 Å². The number of carbonyl (C=O) groups excluding carboxylic acids is 2. The van der Waals surface area contributed by atoms with E-state index in [4.69, 9.17) is 5.73 Å². The lowest BCUT2D eigenvalue weighted by molar-refractivity contribution is -0.117. The quantitative estimate of drug-likeness (QED) is 0.525. The van der Waals surface area contributed by atoms with Gasteiger partial charge in [-0.15, -0.1) is 11.3 Å². The maximum atomic E-state index is 12.5. The molecule has 4 aromatic rings. The molecule has 0 saturated carbocycles. The Morgan fingerprint density at radius 1 is 0.964 bits per heavy atom. The Labute approximate surface area is 167 Å². The normalized spacial score (nSPS) is 11.0. The molecule has 2 aromatic heterocycles. The summed E-state index contributed by atoms with van der Waals surface area (Å²) in [6, 6.07) is 19.1. The first-order valence-electron chi connectivity index (χ1n) is 9.06. The number of benzene rings is 2. The fourth-order valence-corrected chi connectivity index (χ4v) is 4.44. The van der Waals surface area contributed by atoms with Crippen molar-refractivity contribution in [2.24, 2.45) is 5.73 Å². The second-order valence-electron chi connectivity index (χ2n) is 6.96. The number of hydrogen-bond acceptors (Lipinski definition) is 3. The van der Waals surface area contributed by atoms with E-state index in [0.717, 1.165) is 38.2 Å². The molecule has 2 N–H and O–H groups in total. The molecule has 0 spiro atoms. The van der Waals surface area contributed by atoms with Crippen LogP contribution in [-0.4, -0.2) is 16.4 Å². The Morgan fingerprint density at radius 3 is 2.54 bits per heavy atom. The molecule has 0 aliphatic heterocycles. The first-order valence-corrected chi connectivity index (χ1v) is 9.94. The van der Waals surface area contributed by atoms with Gasteiger partial charge in [0, 0.05) is 18.2 Å². The van der Waals surface area contributed by atoms with Gasteiger partial charge in [0.25, 0.3) is 0 Å². The van der Waals surface area contributed by atoms with Gasteiger partial charge in [-0.05, 0) is 41.6 Å². The Hall–Kier alpha value is -3.18. The van der Waals surface area contributed by atoms with E-state index in [1.807, 2.05) is 73.0 Å². The number of aryl methyl sites for hydroxylation is 1. The third-order valence-electron chi connectivity index (χ3n) is 4.72. The van der Waals surface area contributed by atoms with Crippen molar-refractivity contribution in [2.45, 2.75) is 19.8 Å². The van der Waals surface area contributed by atoms with E-state index in [0.29, 0.717) is 12.8 Å². The standard InChI is InChI=1S/C23H20N2O2S/c1-15-5-4-6-16(9-15)10-19(26)11-17-12-22(28-14-17)21-13-18-7-2-3-8-20(18)25(21)23(24)27/h2-9,12-14H,10-11H2,1H3,(H2,24,27). The molecule has 5 heteroatoms. The zero-order valence-corrected chi connectivity index (χ0v) is 16.3. The first kappa shape index (κ1) is 18.2. The molecule has 2 aromatic carbocycles. The number of nitrogens with zero attached hydrogens (tertiary/aromatic N) is 1. The number of nitrogens with two attached hydrogens (primary N) is 1. The van der Waals surface area contributed by atoms with E-state index in [2.05, 4.69) is 0 Å². The molecule has 0 radical (unpaired) electrons. The van der Waals surface area contributed by atoms with E-state index in [-0.39, 0.29) is 5.78 Å². The molecule has 0 bridgehead atoms. The second-order valence-corrected chi connectivity index (χ2v) is 7.87. The largest absolute Gasteiger partial charge is 0.351 e. The summed E-state index contributed by atoms with van der Waals surface area (Å²) in [7, 11) is 0. The Bertz CT molecular complexity index is 1190. The van der Waals surface area contributed by atoms with E-state index >= 15 is 0 Å². The van der Waals surface area contributed by atoms with Crippen molar-refractivity contribution in [2.75, 3.05) is 0 Å². The lowest BCUT2D eigenvalue weighted by Gasteiger charge is -2.04. The average molecular weight is 388 g/mol. The Balaban J connectivity index is 1.58. The Morgan fingerprint density at radius 2 is 1.75 bits per heavy atom. The van der Waals surface area contributed by atoms with Crippen LogP contribution in [0.15, 0.2) is 66.0 Å². The molecule has 0 aliphatic rings. The van der Waals surface area contributed by atoms with Crippen LogP contribution in [0.2, 0.25) is 0 Å². The summed E-state index contributed by atoms with van der Waals surface area (Å²) >= 11 is 1.52. The molecule has 0 aliphatic carbocycles. The van der Waals surface area contributed by atoms with Crippen LogP contribution in [0.4, 0.5) is 4.79 Å². The minimum atomic E-state index is -0.512. The summed E-state index contributed by atoms with van der Waals surface area (Å²) in [6.07, 6.45) is 0.801. The van der Waals surface area contributed by atoms with Gasteiger partial charge in [-0.3, -0.25) is 9.36 Å².